The topological polar surface area (TPSA) is 68.8 Å². The summed E-state index contributed by atoms with van der Waals surface area (Å²) in [5.41, 5.74) is 2.99. The third kappa shape index (κ3) is 4.43. The summed E-state index contributed by atoms with van der Waals surface area (Å²) in [6.45, 7) is 4.17. The SMILES string of the molecule is CC(C)Oc1ccccc1Nc1ccc(NC(=O)c2ccc3c(c2)OCO3)cc1. The zero-order valence-electron chi connectivity index (χ0n) is 16.3. The summed E-state index contributed by atoms with van der Waals surface area (Å²) in [5, 5.41) is 6.24. The molecule has 3 aromatic carbocycles. The Bertz CT molecular complexity index is 1020. The summed E-state index contributed by atoms with van der Waals surface area (Å²) < 4.78 is 16.4. The van der Waals surface area contributed by atoms with Gasteiger partial charge in [0.15, 0.2) is 11.5 Å². The monoisotopic (exact) mass is 390 g/mol. The Morgan fingerprint density at radius 1 is 0.931 bits per heavy atom. The van der Waals surface area contributed by atoms with Crippen LogP contribution in [0.4, 0.5) is 17.1 Å². The minimum Gasteiger partial charge on any atom is -0.489 e. The Labute approximate surface area is 169 Å². The molecule has 0 saturated heterocycles. The molecule has 0 spiro atoms. The van der Waals surface area contributed by atoms with E-state index in [4.69, 9.17) is 14.2 Å². The molecule has 0 bridgehead atoms. The van der Waals surface area contributed by atoms with Crippen LogP contribution in [0.25, 0.3) is 0 Å². The number of benzene rings is 3. The van der Waals surface area contributed by atoms with Crippen LogP contribution >= 0.6 is 0 Å². The van der Waals surface area contributed by atoms with Gasteiger partial charge < -0.3 is 24.8 Å². The van der Waals surface area contributed by atoms with Crippen molar-refractivity contribution in [2.45, 2.75) is 20.0 Å². The van der Waals surface area contributed by atoms with E-state index in [1.54, 1.807) is 18.2 Å². The van der Waals surface area contributed by atoms with Gasteiger partial charge in [0.25, 0.3) is 5.91 Å². The lowest BCUT2D eigenvalue weighted by atomic mass is 10.2. The van der Waals surface area contributed by atoms with Crippen LogP contribution in [0, 0.1) is 0 Å². The normalized spacial score (nSPS) is 12.0. The number of ether oxygens (including phenoxy) is 3. The van der Waals surface area contributed by atoms with Crippen LogP contribution in [0.15, 0.2) is 66.7 Å². The minimum absolute atomic E-state index is 0.0896. The molecule has 1 amide bonds. The van der Waals surface area contributed by atoms with E-state index in [2.05, 4.69) is 10.6 Å². The number of nitrogens with one attached hydrogen (secondary N) is 2. The number of anilines is 3. The highest BCUT2D eigenvalue weighted by Crippen LogP contribution is 2.33. The highest BCUT2D eigenvalue weighted by molar-refractivity contribution is 6.04. The maximum Gasteiger partial charge on any atom is 0.255 e. The molecular weight excluding hydrogens is 368 g/mol. The Kier molecular flexibility index (Phi) is 5.24. The molecule has 0 aromatic heterocycles. The molecule has 1 heterocycles. The number of hydrogen-bond donors (Lipinski definition) is 2. The van der Waals surface area contributed by atoms with E-state index in [9.17, 15) is 4.79 Å². The van der Waals surface area contributed by atoms with Crippen molar-refractivity contribution >= 4 is 23.0 Å². The number of carbonyl (C=O) groups is 1. The lowest BCUT2D eigenvalue weighted by Crippen LogP contribution is -2.11. The molecule has 0 atom stereocenters. The van der Waals surface area contributed by atoms with Crippen molar-refractivity contribution in [2.24, 2.45) is 0 Å². The summed E-state index contributed by atoms with van der Waals surface area (Å²) in [6.07, 6.45) is 0.0896. The number of hydrogen-bond acceptors (Lipinski definition) is 5. The maximum atomic E-state index is 12.5. The predicted molar refractivity (Wildman–Crippen MR) is 112 cm³/mol. The first-order chi connectivity index (χ1) is 14.1. The van der Waals surface area contributed by atoms with Crippen LogP contribution in [0.3, 0.4) is 0 Å². The second-order valence-electron chi connectivity index (χ2n) is 6.89. The lowest BCUT2D eigenvalue weighted by molar-refractivity contribution is 0.102. The zero-order chi connectivity index (χ0) is 20.2. The van der Waals surface area contributed by atoms with Gasteiger partial charge in [0, 0.05) is 16.9 Å². The molecule has 6 nitrogen and oxygen atoms in total. The van der Waals surface area contributed by atoms with E-state index >= 15 is 0 Å². The highest BCUT2D eigenvalue weighted by atomic mass is 16.7. The van der Waals surface area contributed by atoms with Crippen molar-refractivity contribution in [3.05, 3.63) is 72.3 Å². The van der Waals surface area contributed by atoms with E-state index in [0.29, 0.717) is 22.7 Å². The first-order valence-corrected chi connectivity index (χ1v) is 9.42. The van der Waals surface area contributed by atoms with Crippen LogP contribution in [-0.4, -0.2) is 18.8 Å². The molecule has 2 N–H and O–H groups in total. The quantitative estimate of drug-likeness (QED) is 0.606. The predicted octanol–water partition coefficient (Wildman–Crippen LogP) is 5.20. The smallest absolute Gasteiger partial charge is 0.255 e. The number of amides is 1. The third-order valence-electron chi connectivity index (χ3n) is 4.31. The number of para-hydroxylation sites is 2. The number of carbonyl (C=O) groups excluding carboxylic acids is 1. The van der Waals surface area contributed by atoms with Gasteiger partial charge in [-0.3, -0.25) is 4.79 Å². The Morgan fingerprint density at radius 2 is 1.66 bits per heavy atom. The van der Waals surface area contributed by atoms with Crippen LogP contribution in [0.2, 0.25) is 0 Å². The summed E-state index contributed by atoms with van der Waals surface area (Å²) in [7, 11) is 0. The van der Waals surface area contributed by atoms with Crippen LogP contribution < -0.4 is 24.8 Å². The van der Waals surface area contributed by atoms with E-state index in [0.717, 1.165) is 17.1 Å². The second kappa shape index (κ2) is 8.14. The van der Waals surface area contributed by atoms with Gasteiger partial charge in [0.2, 0.25) is 6.79 Å². The molecule has 0 saturated carbocycles. The van der Waals surface area contributed by atoms with Crippen molar-refractivity contribution in [1.29, 1.82) is 0 Å². The van der Waals surface area contributed by atoms with Gasteiger partial charge in [0.1, 0.15) is 5.75 Å². The highest BCUT2D eigenvalue weighted by Gasteiger charge is 2.16. The molecule has 0 fully saturated rings. The van der Waals surface area contributed by atoms with Gasteiger partial charge in [-0.1, -0.05) is 12.1 Å². The average molecular weight is 390 g/mol. The van der Waals surface area contributed by atoms with Crippen molar-refractivity contribution in [2.75, 3.05) is 17.4 Å². The summed E-state index contributed by atoms with van der Waals surface area (Å²) in [5.74, 6) is 1.82. The van der Waals surface area contributed by atoms with Gasteiger partial charge in [-0.05, 0) is 68.4 Å². The van der Waals surface area contributed by atoms with E-state index < -0.39 is 0 Å². The molecule has 3 aromatic rings. The first kappa shape index (κ1) is 18.7. The minimum atomic E-state index is -0.209. The van der Waals surface area contributed by atoms with Crippen LogP contribution in [0.1, 0.15) is 24.2 Å². The lowest BCUT2D eigenvalue weighted by Gasteiger charge is -2.15. The van der Waals surface area contributed by atoms with Crippen molar-refractivity contribution < 1.29 is 19.0 Å². The fourth-order valence-electron chi connectivity index (χ4n) is 2.96. The fraction of sp³-hybridized carbons (Fsp3) is 0.174. The largest absolute Gasteiger partial charge is 0.489 e. The molecule has 6 heteroatoms. The standard InChI is InChI=1S/C23H22N2O4/c1-15(2)29-20-6-4-3-5-19(20)24-17-8-10-18(11-9-17)25-23(26)16-7-12-21-22(13-16)28-14-27-21/h3-13,15,24H,14H2,1-2H3,(H,25,26). The van der Waals surface area contributed by atoms with Gasteiger partial charge in [-0.25, -0.2) is 0 Å². The van der Waals surface area contributed by atoms with E-state index in [1.165, 1.54) is 0 Å². The third-order valence-corrected chi connectivity index (χ3v) is 4.31. The average Bonchev–Trinajstić information content (AvgIpc) is 3.18. The molecule has 148 valence electrons. The number of rotatable bonds is 6. The molecule has 29 heavy (non-hydrogen) atoms. The van der Waals surface area contributed by atoms with Crippen molar-refractivity contribution in [3.8, 4) is 17.2 Å². The Morgan fingerprint density at radius 3 is 2.45 bits per heavy atom. The molecule has 1 aliphatic heterocycles. The summed E-state index contributed by atoms with van der Waals surface area (Å²) >= 11 is 0. The molecule has 0 aliphatic carbocycles. The van der Waals surface area contributed by atoms with Crippen LogP contribution in [-0.2, 0) is 0 Å². The zero-order valence-corrected chi connectivity index (χ0v) is 16.3. The van der Waals surface area contributed by atoms with Crippen LogP contribution in [0.5, 0.6) is 17.2 Å². The molecule has 1 aliphatic rings. The Hall–Kier alpha value is -3.67. The van der Waals surface area contributed by atoms with Gasteiger partial charge >= 0.3 is 0 Å². The Balaban J connectivity index is 1.43. The maximum absolute atomic E-state index is 12.5. The molecule has 4 rings (SSSR count). The summed E-state index contributed by atoms with van der Waals surface area (Å²) in [6, 6.07) is 20.4. The number of fused-ring (bicyclic) bond motifs is 1. The van der Waals surface area contributed by atoms with Gasteiger partial charge in [-0.2, -0.15) is 0 Å². The fourth-order valence-corrected chi connectivity index (χ4v) is 2.96. The molecule has 0 radical (unpaired) electrons. The molecular formula is C23H22N2O4. The second-order valence-corrected chi connectivity index (χ2v) is 6.89. The first-order valence-electron chi connectivity index (χ1n) is 9.42. The van der Waals surface area contributed by atoms with Gasteiger partial charge in [-0.15, -0.1) is 0 Å². The van der Waals surface area contributed by atoms with Crippen molar-refractivity contribution in [3.63, 3.8) is 0 Å². The molecule has 0 unspecified atom stereocenters. The van der Waals surface area contributed by atoms with E-state index in [1.807, 2.05) is 62.4 Å². The van der Waals surface area contributed by atoms with E-state index in [-0.39, 0.29) is 18.8 Å². The van der Waals surface area contributed by atoms with Gasteiger partial charge in [0.05, 0.1) is 11.8 Å². The summed E-state index contributed by atoms with van der Waals surface area (Å²) in [4.78, 5) is 12.5. The van der Waals surface area contributed by atoms with Crippen molar-refractivity contribution in [1.82, 2.24) is 0 Å².